The zero-order chi connectivity index (χ0) is 21.6. The van der Waals surface area contributed by atoms with Crippen molar-refractivity contribution >= 4 is 21.5 Å². The number of allylic oxidation sites excluding steroid dienone is 2. The first-order chi connectivity index (χ1) is 15.1. The molecular formula is C26H23BrFNO2. The second-order valence-electron chi connectivity index (χ2n) is 7.32. The summed E-state index contributed by atoms with van der Waals surface area (Å²) in [7, 11) is 0. The van der Waals surface area contributed by atoms with Gasteiger partial charge in [-0.05, 0) is 69.4 Å². The molecule has 31 heavy (non-hydrogen) atoms. The van der Waals surface area contributed by atoms with Crippen LogP contribution in [0.5, 0.6) is 0 Å². The van der Waals surface area contributed by atoms with Crippen LogP contribution < -0.4 is 5.32 Å². The Morgan fingerprint density at radius 2 is 1.58 bits per heavy atom. The average Bonchev–Trinajstić information content (AvgIpc) is 2.80. The molecule has 1 aliphatic rings. The highest BCUT2D eigenvalue weighted by molar-refractivity contribution is 9.10. The highest BCUT2D eigenvalue weighted by Gasteiger charge is 2.21. The van der Waals surface area contributed by atoms with Gasteiger partial charge in [-0.15, -0.1) is 0 Å². The number of ether oxygens (including phenoxy) is 2. The zero-order valence-corrected chi connectivity index (χ0v) is 18.7. The number of benzene rings is 3. The van der Waals surface area contributed by atoms with Gasteiger partial charge in [-0.25, -0.2) is 4.39 Å². The molecule has 0 saturated heterocycles. The standard InChI is InChI=1S/C26H23BrFNO2/c1-18-14-23(27)24(28)15-22(18)21-12-13-25(30-16-19-8-4-2-5-9-19)29-26(21)31-17-20-10-6-3-7-11-20/h2-15,25,29H,16-17H2,1H3. The zero-order valence-electron chi connectivity index (χ0n) is 17.1. The van der Waals surface area contributed by atoms with E-state index in [4.69, 9.17) is 9.47 Å². The van der Waals surface area contributed by atoms with Crippen molar-refractivity contribution in [3.8, 4) is 0 Å². The third-order valence-electron chi connectivity index (χ3n) is 5.01. The lowest BCUT2D eigenvalue weighted by Crippen LogP contribution is -2.33. The first-order valence-corrected chi connectivity index (χ1v) is 10.9. The first kappa shape index (κ1) is 21.3. The Kier molecular flexibility index (Phi) is 6.85. The van der Waals surface area contributed by atoms with E-state index in [1.807, 2.05) is 79.7 Å². The summed E-state index contributed by atoms with van der Waals surface area (Å²) in [6.45, 7) is 2.81. The molecule has 3 aromatic rings. The van der Waals surface area contributed by atoms with Gasteiger partial charge in [-0.1, -0.05) is 60.7 Å². The largest absolute Gasteiger partial charge is 0.474 e. The van der Waals surface area contributed by atoms with Crippen molar-refractivity contribution in [2.45, 2.75) is 26.4 Å². The number of nitrogens with one attached hydrogen (secondary N) is 1. The third-order valence-corrected chi connectivity index (χ3v) is 5.62. The minimum Gasteiger partial charge on any atom is -0.474 e. The maximum Gasteiger partial charge on any atom is 0.197 e. The summed E-state index contributed by atoms with van der Waals surface area (Å²) in [5.74, 6) is 0.251. The molecule has 3 aromatic carbocycles. The molecule has 1 aliphatic heterocycles. The van der Waals surface area contributed by atoms with Crippen molar-refractivity contribution in [2.75, 3.05) is 0 Å². The van der Waals surface area contributed by atoms with Crippen LogP contribution in [0.15, 0.2) is 95.3 Å². The second-order valence-corrected chi connectivity index (χ2v) is 8.17. The summed E-state index contributed by atoms with van der Waals surface area (Å²) in [6, 6.07) is 23.2. The van der Waals surface area contributed by atoms with Crippen LogP contribution in [0.4, 0.5) is 4.39 Å². The highest BCUT2D eigenvalue weighted by atomic mass is 79.9. The van der Waals surface area contributed by atoms with Gasteiger partial charge < -0.3 is 14.8 Å². The summed E-state index contributed by atoms with van der Waals surface area (Å²) in [5, 5.41) is 3.32. The van der Waals surface area contributed by atoms with Crippen molar-refractivity contribution in [2.24, 2.45) is 0 Å². The Labute approximate surface area is 190 Å². The fourth-order valence-corrected chi connectivity index (χ4v) is 3.83. The Bertz CT molecular complexity index is 1100. The van der Waals surface area contributed by atoms with E-state index in [1.54, 1.807) is 6.07 Å². The average molecular weight is 480 g/mol. The van der Waals surface area contributed by atoms with E-state index < -0.39 is 0 Å². The maximum absolute atomic E-state index is 14.3. The van der Waals surface area contributed by atoms with Gasteiger partial charge in [0.2, 0.25) is 0 Å². The van der Waals surface area contributed by atoms with Crippen LogP contribution in [0, 0.1) is 12.7 Å². The van der Waals surface area contributed by atoms with Gasteiger partial charge in [-0.2, -0.15) is 0 Å². The van der Waals surface area contributed by atoms with Crippen LogP contribution in [-0.4, -0.2) is 6.23 Å². The second kappa shape index (κ2) is 9.94. The quantitative estimate of drug-likeness (QED) is 0.420. The first-order valence-electron chi connectivity index (χ1n) is 10.1. The predicted molar refractivity (Wildman–Crippen MR) is 124 cm³/mol. The van der Waals surface area contributed by atoms with Crippen LogP contribution >= 0.6 is 15.9 Å². The molecule has 0 fully saturated rings. The van der Waals surface area contributed by atoms with Gasteiger partial charge >= 0.3 is 0 Å². The number of halogens is 2. The molecule has 1 N–H and O–H groups in total. The van der Waals surface area contributed by atoms with Crippen LogP contribution in [0.2, 0.25) is 0 Å². The lowest BCUT2D eigenvalue weighted by molar-refractivity contribution is 0.0360. The van der Waals surface area contributed by atoms with Crippen molar-refractivity contribution in [3.05, 3.63) is 123 Å². The van der Waals surface area contributed by atoms with Gasteiger partial charge in [0.1, 0.15) is 18.7 Å². The van der Waals surface area contributed by atoms with E-state index in [2.05, 4.69) is 21.2 Å². The van der Waals surface area contributed by atoms with E-state index in [1.165, 1.54) is 6.07 Å². The predicted octanol–water partition coefficient (Wildman–Crippen LogP) is 6.48. The summed E-state index contributed by atoms with van der Waals surface area (Å²) in [4.78, 5) is 0. The summed E-state index contributed by atoms with van der Waals surface area (Å²) in [6.07, 6.45) is 3.50. The van der Waals surface area contributed by atoms with E-state index in [0.717, 1.165) is 27.8 Å². The smallest absolute Gasteiger partial charge is 0.197 e. The molecule has 0 saturated carbocycles. The van der Waals surface area contributed by atoms with E-state index in [-0.39, 0.29) is 12.0 Å². The molecule has 0 aromatic heterocycles. The Morgan fingerprint density at radius 1 is 0.935 bits per heavy atom. The summed E-state index contributed by atoms with van der Waals surface area (Å²) in [5.41, 5.74) is 4.64. The molecule has 1 unspecified atom stereocenters. The maximum atomic E-state index is 14.3. The molecule has 5 heteroatoms. The Morgan fingerprint density at radius 3 is 2.26 bits per heavy atom. The molecule has 0 radical (unpaired) electrons. The van der Waals surface area contributed by atoms with Gasteiger partial charge in [0.25, 0.3) is 0 Å². The van der Waals surface area contributed by atoms with Crippen molar-refractivity contribution in [1.82, 2.24) is 5.32 Å². The fraction of sp³-hybridized carbons (Fsp3) is 0.154. The molecule has 0 bridgehead atoms. The van der Waals surface area contributed by atoms with E-state index in [9.17, 15) is 4.39 Å². The van der Waals surface area contributed by atoms with Crippen LogP contribution in [0.3, 0.4) is 0 Å². The van der Waals surface area contributed by atoms with Gasteiger partial charge in [0, 0.05) is 5.57 Å². The molecule has 4 rings (SSSR count). The minimum atomic E-state index is -0.352. The van der Waals surface area contributed by atoms with E-state index >= 15 is 0 Å². The molecule has 0 spiro atoms. The van der Waals surface area contributed by atoms with Crippen LogP contribution in [0.1, 0.15) is 22.3 Å². The van der Waals surface area contributed by atoms with Crippen LogP contribution in [0.25, 0.3) is 5.57 Å². The van der Waals surface area contributed by atoms with Crippen molar-refractivity contribution < 1.29 is 13.9 Å². The monoisotopic (exact) mass is 479 g/mol. The topological polar surface area (TPSA) is 30.5 Å². The summed E-state index contributed by atoms with van der Waals surface area (Å²) >= 11 is 3.26. The number of hydrogen-bond donors (Lipinski definition) is 1. The number of hydrogen-bond acceptors (Lipinski definition) is 3. The SMILES string of the molecule is Cc1cc(Br)c(F)cc1C1=C(OCc2ccccc2)NC(OCc2ccccc2)C=C1. The van der Waals surface area contributed by atoms with Gasteiger partial charge in [-0.3, -0.25) is 0 Å². The van der Waals surface area contributed by atoms with Gasteiger partial charge in [0.15, 0.2) is 5.88 Å². The molecule has 1 heterocycles. The molecule has 0 aliphatic carbocycles. The third kappa shape index (κ3) is 5.43. The molecule has 158 valence electrons. The Balaban J connectivity index is 1.58. The highest BCUT2D eigenvalue weighted by Crippen LogP contribution is 2.30. The van der Waals surface area contributed by atoms with E-state index in [0.29, 0.717) is 23.6 Å². The van der Waals surface area contributed by atoms with Crippen molar-refractivity contribution in [1.29, 1.82) is 0 Å². The lowest BCUT2D eigenvalue weighted by Gasteiger charge is -2.26. The van der Waals surface area contributed by atoms with Crippen molar-refractivity contribution in [3.63, 3.8) is 0 Å². The molecule has 3 nitrogen and oxygen atoms in total. The normalized spacial score (nSPS) is 15.6. The molecule has 1 atom stereocenters. The van der Waals surface area contributed by atoms with Crippen LogP contribution in [-0.2, 0) is 22.7 Å². The number of dihydropyridines is 1. The molecule has 0 amide bonds. The Hall–Kier alpha value is -2.89. The summed E-state index contributed by atoms with van der Waals surface area (Å²) < 4.78 is 26.9. The minimum absolute atomic E-state index is 0.314. The van der Waals surface area contributed by atoms with Gasteiger partial charge in [0.05, 0.1) is 11.1 Å². The fourth-order valence-electron chi connectivity index (χ4n) is 3.37. The lowest BCUT2D eigenvalue weighted by atomic mass is 9.98. The number of aryl methyl sites for hydroxylation is 1. The molecular weight excluding hydrogens is 457 g/mol. The number of rotatable bonds is 7.